The summed E-state index contributed by atoms with van der Waals surface area (Å²) in [7, 11) is 0. The highest BCUT2D eigenvalue weighted by molar-refractivity contribution is 6.33. The van der Waals surface area contributed by atoms with Crippen LogP contribution in [-0.2, 0) is 0 Å². The maximum Gasteiger partial charge on any atom is 0.300 e. The van der Waals surface area contributed by atoms with Gasteiger partial charge < -0.3 is 0 Å². The van der Waals surface area contributed by atoms with E-state index >= 15 is 0 Å². The number of carbonyl (C=O) groups excluding carboxylic acids is 1. The monoisotopic (exact) mass is 343 g/mol. The van der Waals surface area contributed by atoms with Gasteiger partial charge in [0.25, 0.3) is 5.91 Å². The molecular formula is C15H10ClN5O3. The predicted molar refractivity (Wildman–Crippen MR) is 87.4 cm³/mol. The molecule has 0 unspecified atom stereocenters. The number of nitrogens with one attached hydrogen (secondary N) is 1. The van der Waals surface area contributed by atoms with Crippen molar-refractivity contribution >= 4 is 29.1 Å². The fourth-order valence-corrected chi connectivity index (χ4v) is 2.39. The average Bonchev–Trinajstić information content (AvgIpc) is 3.03. The summed E-state index contributed by atoms with van der Waals surface area (Å²) in [6.45, 7) is 0. The lowest BCUT2D eigenvalue weighted by molar-refractivity contribution is -0.385. The Hall–Kier alpha value is -3.26. The Morgan fingerprint density at radius 2 is 1.92 bits per heavy atom. The molecule has 24 heavy (non-hydrogen) atoms. The molecule has 120 valence electrons. The Morgan fingerprint density at radius 1 is 1.17 bits per heavy atom. The predicted octanol–water partition coefficient (Wildman–Crippen LogP) is 3.08. The van der Waals surface area contributed by atoms with Crippen LogP contribution in [0.4, 0.5) is 11.6 Å². The molecule has 1 amide bonds. The van der Waals surface area contributed by atoms with E-state index in [-0.39, 0.29) is 16.5 Å². The lowest BCUT2D eigenvalue weighted by atomic mass is 10.1. The summed E-state index contributed by atoms with van der Waals surface area (Å²) in [6.07, 6.45) is 1.43. The van der Waals surface area contributed by atoms with Crippen molar-refractivity contribution in [2.24, 2.45) is 0 Å². The molecule has 8 nitrogen and oxygen atoms in total. The van der Waals surface area contributed by atoms with Gasteiger partial charge in [0.15, 0.2) is 0 Å². The van der Waals surface area contributed by atoms with Crippen molar-refractivity contribution in [3.63, 3.8) is 0 Å². The third kappa shape index (κ3) is 2.95. The van der Waals surface area contributed by atoms with Crippen LogP contribution in [0.2, 0.25) is 5.02 Å². The van der Waals surface area contributed by atoms with Crippen molar-refractivity contribution in [2.75, 3.05) is 5.32 Å². The van der Waals surface area contributed by atoms with E-state index in [1.54, 1.807) is 16.7 Å². The smallest absolute Gasteiger partial charge is 0.290 e. The number of para-hydroxylation sites is 2. The maximum atomic E-state index is 12.4. The molecule has 0 saturated carbocycles. The van der Waals surface area contributed by atoms with E-state index in [1.165, 1.54) is 24.5 Å². The summed E-state index contributed by atoms with van der Waals surface area (Å²) in [5, 5.41) is 21.1. The molecule has 9 heteroatoms. The van der Waals surface area contributed by atoms with Crippen LogP contribution in [-0.4, -0.2) is 25.6 Å². The molecule has 3 rings (SSSR count). The van der Waals surface area contributed by atoms with E-state index < -0.39 is 16.5 Å². The fraction of sp³-hybridized carbons (Fsp3) is 0. The maximum absolute atomic E-state index is 12.4. The largest absolute Gasteiger partial charge is 0.300 e. The van der Waals surface area contributed by atoms with Crippen molar-refractivity contribution in [3.8, 4) is 5.69 Å². The number of rotatable bonds is 4. The Bertz CT molecular complexity index is 910. The summed E-state index contributed by atoms with van der Waals surface area (Å²) < 4.78 is 1.55. The normalized spacial score (nSPS) is 10.4. The first-order valence-electron chi connectivity index (χ1n) is 6.77. The highest BCUT2D eigenvalue weighted by atomic mass is 35.5. The molecule has 0 aliphatic heterocycles. The molecule has 0 aliphatic carbocycles. The lowest BCUT2D eigenvalue weighted by Crippen LogP contribution is -2.17. The van der Waals surface area contributed by atoms with Crippen molar-refractivity contribution in [3.05, 3.63) is 75.6 Å². The van der Waals surface area contributed by atoms with Crippen LogP contribution >= 0.6 is 11.6 Å². The summed E-state index contributed by atoms with van der Waals surface area (Å²) >= 11 is 5.82. The van der Waals surface area contributed by atoms with Gasteiger partial charge in [0.1, 0.15) is 16.9 Å². The van der Waals surface area contributed by atoms with Gasteiger partial charge in [-0.1, -0.05) is 35.9 Å². The Balaban J connectivity index is 1.94. The van der Waals surface area contributed by atoms with Crippen LogP contribution < -0.4 is 5.32 Å². The minimum atomic E-state index is -0.700. The van der Waals surface area contributed by atoms with Crippen molar-refractivity contribution in [1.82, 2.24) is 14.8 Å². The Kier molecular flexibility index (Phi) is 4.21. The number of hydrogen-bond acceptors (Lipinski definition) is 5. The molecule has 0 bridgehead atoms. The molecule has 1 N–H and O–H groups in total. The van der Waals surface area contributed by atoms with Crippen LogP contribution in [0.3, 0.4) is 0 Å². The molecule has 0 fully saturated rings. The quantitative estimate of drug-likeness (QED) is 0.579. The topological polar surface area (TPSA) is 103 Å². The molecule has 3 aromatic rings. The number of hydrogen-bond donors (Lipinski definition) is 1. The van der Waals surface area contributed by atoms with E-state index in [0.29, 0.717) is 0 Å². The number of nitro benzene ring substituents is 1. The van der Waals surface area contributed by atoms with E-state index in [0.717, 1.165) is 5.69 Å². The molecule has 2 aromatic carbocycles. The number of amides is 1. The Labute approximate surface area is 140 Å². The second kappa shape index (κ2) is 6.47. The number of nitrogens with zero attached hydrogens (tertiary/aromatic N) is 4. The second-order valence-corrected chi connectivity index (χ2v) is 5.11. The number of aromatic nitrogens is 3. The number of nitro groups is 1. The van der Waals surface area contributed by atoms with Gasteiger partial charge in [-0.05, 0) is 24.3 Å². The molecule has 1 aromatic heterocycles. The van der Waals surface area contributed by atoms with Crippen molar-refractivity contribution in [1.29, 1.82) is 0 Å². The number of halogens is 1. The SMILES string of the molecule is O=C(Nc1nncn1-c1ccccc1)c1cccc(Cl)c1[N+](=O)[O-]. The van der Waals surface area contributed by atoms with Gasteiger partial charge >= 0.3 is 5.69 Å². The van der Waals surface area contributed by atoms with Crippen LogP contribution in [0.1, 0.15) is 10.4 Å². The zero-order valence-corrected chi connectivity index (χ0v) is 12.8. The summed E-state index contributed by atoms with van der Waals surface area (Å²) in [6, 6.07) is 13.2. The molecule has 0 spiro atoms. The zero-order valence-electron chi connectivity index (χ0n) is 12.1. The first kappa shape index (κ1) is 15.6. The fourth-order valence-electron chi connectivity index (χ4n) is 2.15. The van der Waals surface area contributed by atoms with E-state index in [9.17, 15) is 14.9 Å². The lowest BCUT2D eigenvalue weighted by Gasteiger charge is -2.08. The molecule has 0 aliphatic rings. The highest BCUT2D eigenvalue weighted by Gasteiger charge is 2.24. The third-order valence-corrected chi connectivity index (χ3v) is 3.53. The minimum Gasteiger partial charge on any atom is -0.290 e. The summed E-state index contributed by atoms with van der Waals surface area (Å²) in [5.41, 5.74) is 0.121. The highest BCUT2D eigenvalue weighted by Crippen LogP contribution is 2.28. The van der Waals surface area contributed by atoms with Crippen molar-refractivity contribution < 1.29 is 9.72 Å². The molecule has 0 saturated heterocycles. The van der Waals surface area contributed by atoms with Crippen LogP contribution in [0, 0.1) is 10.1 Å². The first-order chi connectivity index (χ1) is 11.6. The zero-order chi connectivity index (χ0) is 17.1. The standard InChI is InChI=1S/C15H10ClN5O3/c16-12-8-4-7-11(13(12)21(23)24)14(22)18-15-19-17-9-20(15)10-5-2-1-3-6-10/h1-9H,(H,18,19,22). The second-order valence-electron chi connectivity index (χ2n) is 4.71. The number of benzene rings is 2. The van der Waals surface area contributed by atoms with Crippen LogP contribution in [0.5, 0.6) is 0 Å². The van der Waals surface area contributed by atoms with Crippen molar-refractivity contribution in [2.45, 2.75) is 0 Å². The van der Waals surface area contributed by atoms with Gasteiger partial charge in [-0.3, -0.25) is 24.8 Å². The van der Waals surface area contributed by atoms with Crippen LogP contribution in [0.25, 0.3) is 5.69 Å². The molecule has 0 radical (unpaired) electrons. The summed E-state index contributed by atoms with van der Waals surface area (Å²) in [5.74, 6) is -0.560. The molecule has 0 atom stereocenters. The van der Waals surface area contributed by atoms with E-state index in [2.05, 4.69) is 15.5 Å². The Morgan fingerprint density at radius 3 is 2.62 bits per heavy atom. The summed E-state index contributed by atoms with van der Waals surface area (Å²) in [4.78, 5) is 22.9. The van der Waals surface area contributed by atoms with Gasteiger partial charge in [0.2, 0.25) is 5.95 Å². The molecular weight excluding hydrogens is 334 g/mol. The van der Waals surface area contributed by atoms with Gasteiger partial charge in [0, 0.05) is 0 Å². The van der Waals surface area contributed by atoms with Gasteiger partial charge in [-0.25, -0.2) is 0 Å². The third-order valence-electron chi connectivity index (χ3n) is 3.22. The molecule has 1 heterocycles. The van der Waals surface area contributed by atoms with Gasteiger partial charge in [-0.2, -0.15) is 0 Å². The van der Waals surface area contributed by atoms with Crippen LogP contribution in [0.15, 0.2) is 54.9 Å². The number of carbonyl (C=O) groups is 1. The van der Waals surface area contributed by atoms with E-state index in [1.807, 2.05) is 18.2 Å². The minimum absolute atomic E-state index is 0.114. The first-order valence-corrected chi connectivity index (χ1v) is 7.15. The average molecular weight is 344 g/mol. The van der Waals surface area contributed by atoms with E-state index in [4.69, 9.17) is 11.6 Å². The van der Waals surface area contributed by atoms with Gasteiger partial charge in [-0.15, -0.1) is 10.2 Å². The number of anilines is 1. The van der Waals surface area contributed by atoms with Gasteiger partial charge in [0.05, 0.1) is 10.6 Å².